The van der Waals surface area contributed by atoms with Crippen LogP contribution in [0.1, 0.15) is 55.9 Å². The van der Waals surface area contributed by atoms with E-state index >= 15 is 0 Å². The summed E-state index contributed by atoms with van der Waals surface area (Å²) in [5.41, 5.74) is 7.76. The number of nitrogens with one attached hydrogen (secondary N) is 1. The smallest absolute Gasteiger partial charge is 0.404 e. The fraction of sp³-hybridized carbons (Fsp3) is 0.483. The molecule has 6 nitrogen and oxygen atoms in total. The third-order valence-electron chi connectivity index (χ3n) is 7.11. The molecular weight excluding hydrogens is 440 g/mol. The highest BCUT2D eigenvalue weighted by atomic mass is 16.5. The first-order chi connectivity index (χ1) is 16.8. The fourth-order valence-electron chi connectivity index (χ4n) is 5.30. The Labute approximate surface area is 208 Å². The second-order valence-corrected chi connectivity index (χ2v) is 10.3. The zero-order chi connectivity index (χ0) is 24.9. The predicted octanol–water partition coefficient (Wildman–Crippen LogP) is 5.53. The molecule has 35 heavy (non-hydrogen) atoms. The van der Waals surface area contributed by atoms with Crippen LogP contribution in [-0.4, -0.2) is 48.9 Å². The van der Waals surface area contributed by atoms with Crippen molar-refractivity contribution in [2.75, 3.05) is 26.7 Å². The summed E-state index contributed by atoms with van der Waals surface area (Å²) >= 11 is 0. The first-order valence-corrected chi connectivity index (χ1v) is 12.6. The van der Waals surface area contributed by atoms with Gasteiger partial charge in [-0.1, -0.05) is 37.6 Å². The van der Waals surface area contributed by atoms with E-state index in [1.807, 2.05) is 0 Å². The van der Waals surface area contributed by atoms with E-state index in [9.17, 15) is 4.79 Å². The Balaban J connectivity index is 1.39. The van der Waals surface area contributed by atoms with Crippen LogP contribution >= 0.6 is 0 Å². The maximum atomic E-state index is 10.9. The number of carbonyl (C=O) groups is 1. The average Bonchev–Trinajstić information content (AvgIpc) is 3.25. The summed E-state index contributed by atoms with van der Waals surface area (Å²) in [5, 5.41) is 11.6. The molecule has 2 aromatic carbocycles. The Hall–Kier alpha value is -2.99. The highest BCUT2D eigenvalue weighted by Crippen LogP contribution is 2.34. The SMILES string of the molecule is COc1cc(CC(C)C)ccc1COc1ccc2c(c1)CCC(CN1CCC(NC(=O)O)C1)=C2C. The Morgan fingerprint density at radius 2 is 2.03 bits per heavy atom. The van der Waals surface area contributed by atoms with Crippen LogP contribution in [0.15, 0.2) is 42.0 Å². The van der Waals surface area contributed by atoms with Gasteiger partial charge in [0.25, 0.3) is 0 Å². The first kappa shape index (κ1) is 25.1. The van der Waals surface area contributed by atoms with E-state index in [1.165, 1.54) is 27.8 Å². The van der Waals surface area contributed by atoms with Gasteiger partial charge in [-0.15, -0.1) is 0 Å². The van der Waals surface area contributed by atoms with E-state index in [2.05, 4.69) is 67.4 Å². The molecule has 1 aliphatic heterocycles. The van der Waals surface area contributed by atoms with Crippen molar-refractivity contribution in [1.82, 2.24) is 10.2 Å². The van der Waals surface area contributed by atoms with Crippen LogP contribution < -0.4 is 14.8 Å². The molecule has 0 spiro atoms. The summed E-state index contributed by atoms with van der Waals surface area (Å²) in [7, 11) is 1.72. The lowest BCUT2D eigenvalue weighted by Gasteiger charge is -2.26. The van der Waals surface area contributed by atoms with E-state index in [0.717, 1.165) is 62.4 Å². The summed E-state index contributed by atoms with van der Waals surface area (Å²) < 4.78 is 11.8. The number of benzene rings is 2. The number of carboxylic acid groups (broad SMARTS) is 1. The van der Waals surface area contributed by atoms with Crippen molar-refractivity contribution < 1.29 is 19.4 Å². The van der Waals surface area contributed by atoms with Gasteiger partial charge in [0.2, 0.25) is 0 Å². The minimum absolute atomic E-state index is 0.0361. The van der Waals surface area contributed by atoms with Gasteiger partial charge in [0.1, 0.15) is 18.1 Å². The van der Waals surface area contributed by atoms with Gasteiger partial charge >= 0.3 is 6.09 Å². The predicted molar refractivity (Wildman–Crippen MR) is 139 cm³/mol. The molecule has 1 aliphatic carbocycles. The normalized spacial score (nSPS) is 18.0. The summed E-state index contributed by atoms with van der Waals surface area (Å²) in [6.07, 6.45) is 3.01. The molecule has 0 saturated carbocycles. The zero-order valence-corrected chi connectivity index (χ0v) is 21.4. The number of likely N-dealkylation sites (tertiary alicyclic amines) is 1. The van der Waals surface area contributed by atoms with Gasteiger partial charge in [0, 0.05) is 31.2 Å². The van der Waals surface area contributed by atoms with Crippen LogP contribution in [0, 0.1) is 5.92 Å². The van der Waals surface area contributed by atoms with Crippen molar-refractivity contribution in [2.24, 2.45) is 5.92 Å². The molecule has 1 amide bonds. The number of aryl methyl sites for hydroxylation is 1. The topological polar surface area (TPSA) is 71.0 Å². The minimum Gasteiger partial charge on any atom is -0.496 e. The maximum absolute atomic E-state index is 10.9. The van der Waals surface area contributed by atoms with E-state index in [0.29, 0.717) is 12.5 Å². The lowest BCUT2D eigenvalue weighted by atomic mass is 9.86. The Morgan fingerprint density at radius 3 is 2.77 bits per heavy atom. The van der Waals surface area contributed by atoms with E-state index in [1.54, 1.807) is 7.11 Å². The molecule has 2 N–H and O–H groups in total. The van der Waals surface area contributed by atoms with Crippen molar-refractivity contribution in [3.05, 3.63) is 64.2 Å². The molecule has 0 radical (unpaired) electrons. The number of amides is 1. The number of allylic oxidation sites excluding steroid dienone is 1. The van der Waals surface area contributed by atoms with E-state index in [4.69, 9.17) is 14.6 Å². The molecular formula is C29H38N2O4. The number of ether oxygens (including phenoxy) is 2. The Bertz CT molecular complexity index is 1090. The average molecular weight is 479 g/mol. The van der Waals surface area contributed by atoms with Crippen molar-refractivity contribution in [3.63, 3.8) is 0 Å². The largest absolute Gasteiger partial charge is 0.496 e. The summed E-state index contributed by atoms with van der Waals surface area (Å²) in [6.45, 7) is 9.76. The highest BCUT2D eigenvalue weighted by molar-refractivity contribution is 5.72. The lowest BCUT2D eigenvalue weighted by molar-refractivity contribution is 0.189. The second kappa shape index (κ2) is 11.2. The van der Waals surface area contributed by atoms with Gasteiger partial charge in [-0.05, 0) is 79.0 Å². The van der Waals surface area contributed by atoms with Gasteiger partial charge in [-0.25, -0.2) is 4.79 Å². The first-order valence-electron chi connectivity index (χ1n) is 12.6. The van der Waals surface area contributed by atoms with Crippen LogP contribution in [-0.2, 0) is 19.4 Å². The molecule has 1 heterocycles. The summed E-state index contributed by atoms with van der Waals surface area (Å²) in [4.78, 5) is 13.3. The summed E-state index contributed by atoms with van der Waals surface area (Å²) in [5.74, 6) is 2.37. The number of fused-ring (bicyclic) bond motifs is 1. The lowest BCUT2D eigenvalue weighted by Crippen LogP contribution is -2.36. The molecule has 1 unspecified atom stereocenters. The molecule has 2 aliphatic rings. The van der Waals surface area contributed by atoms with Crippen LogP contribution in [0.25, 0.3) is 5.57 Å². The Kier molecular flexibility index (Phi) is 8.01. The van der Waals surface area contributed by atoms with Gasteiger partial charge < -0.3 is 19.9 Å². The monoisotopic (exact) mass is 478 g/mol. The van der Waals surface area contributed by atoms with E-state index < -0.39 is 6.09 Å². The number of methoxy groups -OCH3 is 1. The van der Waals surface area contributed by atoms with Crippen LogP contribution in [0.4, 0.5) is 4.79 Å². The molecule has 1 atom stereocenters. The van der Waals surface area contributed by atoms with Gasteiger partial charge in [0.05, 0.1) is 7.11 Å². The molecule has 4 rings (SSSR count). The van der Waals surface area contributed by atoms with Gasteiger partial charge in [-0.3, -0.25) is 4.90 Å². The highest BCUT2D eigenvalue weighted by Gasteiger charge is 2.26. The summed E-state index contributed by atoms with van der Waals surface area (Å²) in [6, 6.07) is 12.9. The second-order valence-electron chi connectivity index (χ2n) is 10.3. The molecule has 1 fully saturated rings. The zero-order valence-electron chi connectivity index (χ0n) is 21.4. The molecule has 1 saturated heterocycles. The quantitative estimate of drug-likeness (QED) is 0.496. The van der Waals surface area contributed by atoms with Crippen molar-refractivity contribution in [3.8, 4) is 11.5 Å². The molecule has 0 aromatic heterocycles. The van der Waals surface area contributed by atoms with Crippen LogP contribution in [0.3, 0.4) is 0 Å². The van der Waals surface area contributed by atoms with Crippen molar-refractivity contribution >= 4 is 11.7 Å². The van der Waals surface area contributed by atoms with Crippen molar-refractivity contribution in [2.45, 2.75) is 59.1 Å². The fourth-order valence-corrected chi connectivity index (χ4v) is 5.30. The minimum atomic E-state index is -0.932. The number of rotatable bonds is 9. The van der Waals surface area contributed by atoms with Crippen molar-refractivity contribution in [1.29, 1.82) is 0 Å². The van der Waals surface area contributed by atoms with Crippen LogP contribution in [0.5, 0.6) is 11.5 Å². The maximum Gasteiger partial charge on any atom is 0.404 e. The number of hydrogen-bond donors (Lipinski definition) is 2. The van der Waals surface area contributed by atoms with E-state index in [-0.39, 0.29) is 6.04 Å². The van der Waals surface area contributed by atoms with Crippen LogP contribution in [0.2, 0.25) is 0 Å². The molecule has 6 heteroatoms. The number of hydrogen-bond acceptors (Lipinski definition) is 4. The third-order valence-corrected chi connectivity index (χ3v) is 7.11. The standard InChI is InChI=1S/C29H38N2O4/c1-19(2)13-21-5-6-24(28(14-21)34-4)18-35-26-9-10-27-20(3)23(8-7-22(27)15-26)16-31-12-11-25(17-31)30-29(32)33/h5-6,9-10,14-15,19,25,30H,7-8,11-13,16-18H2,1-4H3,(H,32,33). The van der Waals surface area contributed by atoms with Gasteiger partial charge in [0.15, 0.2) is 0 Å². The molecule has 2 aromatic rings. The molecule has 0 bridgehead atoms. The Morgan fingerprint density at radius 1 is 1.20 bits per heavy atom. The molecule has 188 valence electrons. The van der Waals surface area contributed by atoms with Gasteiger partial charge in [-0.2, -0.15) is 0 Å². The number of nitrogens with zero attached hydrogens (tertiary/aromatic N) is 1. The third kappa shape index (κ3) is 6.37.